The molecular formula is C21H14Cl2N2O3. The van der Waals surface area contributed by atoms with Gasteiger partial charge in [0.1, 0.15) is 0 Å². The summed E-state index contributed by atoms with van der Waals surface area (Å²) in [5.41, 5.74) is -0.0271. The molecule has 2 N–H and O–H groups in total. The van der Waals surface area contributed by atoms with Crippen LogP contribution in [0.4, 0.5) is 0 Å². The third-order valence-corrected chi connectivity index (χ3v) is 4.97. The Labute approximate surface area is 170 Å². The van der Waals surface area contributed by atoms with Gasteiger partial charge in [-0.3, -0.25) is 0 Å². The summed E-state index contributed by atoms with van der Waals surface area (Å²) >= 11 is 12.0. The minimum absolute atomic E-state index is 0.000204. The summed E-state index contributed by atoms with van der Waals surface area (Å²) in [5, 5.41) is 25.5. The molecule has 0 fully saturated rings. The first kappa shape index (κ1) is 18.5. The van der Waals surface area contributed by atoms with Crippen LogP contribution in [0.15, 0.2) is 77.3 Å². The topological polar surface area (TPSA) is 79.4 Å². The van der Waals surface area contributed by atoms with Gasteiger partial charge in [-0.05, 0) is 23.3 Å². The lowest BCUT2D eigenvalue weighted by Crippen LogP contribution is -2.29. The molecule has 28 heavy (non-hydrogen) atoms. The van der Waals surface area contributed by atoms with Crippen LogP contribution in [0.3, 0.4) is 0 Å². The van der Waals surface area contributed by atoms with Crippen LogP contribution in [0.2, 0.25) is 10.0 Å². The summed E-state index contributed by atoms with van der Waals surface area (Å²) in [4.78, 5) is 4.39. The molecule has 0 radical (unpaired) electrons. The van der Waals surface area contributed by atoms with Crippen molar-refractivity contribution in [3.05, 3.63) is 99.9 Å². The Morgan fingerprint density at radius 1 is 0.821 bits per heavy atom. The highest BCUT2D eigenvalue weighted by atomic mass is 35.5. The number of aliphatic hydroxyl groups is 1. The van der Waals surface area contributed by atoms with Gasteiger partial charge < -0.3 is 14.7 Å². The minimum atomic E-state index is -1.64. The minimum Gasteiger partial charge on any atom is -0.505 e. The van der Waals surface area contributed by atoms with Crippen molar-refractivity contribution < 1.29 is 14.7 Å². The molecule has 0 saturated carbocycles. The van der Waals surface area contributed by atoms with E-state index in [0.29, 0.717) is 16.7 Å². The van der Waals surface area contributed by atoms with Crippen LogP contribution in [-0.4, -0.2) is 20.4 Å². The lowest BCUT2D eigenvalue weighted by molar-refractivity contribution is 0.0850. The Kier molecular flexibility index (Phi) is 4.81. The van der Waals surface area contributed by atoms with Crippen molar-refractivity contribution in [2.24, 2.45) is 0 Å². The van der Waals surface area contributed by atoms with Crippen LogP contribution < -0.4 is 0 Å². The highest BCUT2D eigenvalue weighted by Crippen LogP contribution is 2.38. The van der Waals surface area contributed by atoms with Gasteiger partial charge in [-0.1, -0.05) is 89.0 Å². The molecule has 4 aromatic rings. The molecule has 0 unspecified atom stereocenters. The normalized spacial score (nSPS) is 11.5. The van der Waals surface area contributed by atoms with Gasteiger partial charge in [0.15, 0.2) is 11.4 Å². The zero-order valence-corrected chi connectivity index (χ0v) is 15.9. The first-order chi connectivity index (χ1) is 13.5. The summed E-state index contributed by atoms with van der Waals surface area (Å²) in [7, 11) is 0. The summed E-state index contributed by atoms with van der Waals surface area (Å²) in [6.07, 6.45) is 0. The molecule has 0 aliphatic heterocycles. The molecule has 0 saturated heterocycles. The van der Waals surface area contributed by atoms with Crippen molar-refractivity contribution in [3.8, 4) is 17.1 Å². The number of benzene rings is 3. The number of rotatable bonds is 4. The number of phenolic OH excluding ortho intramolecular Hbond substituents is 1. The monoisotopic (exact) mass is 412 g/mol. The van der Waals surface area contributed by atoms with Gasteiger partial charge in [-0.15, -0.1) is 0 Å². The van der Waals surface area contributed by atoms with E-state index in [-0.39, 0.29) is 27.5 Å². The molecule has 140 valence electrons. The molecule has 0 bridgehead atoms. The van der Waals surface area contributed by atoms with Crippen LogP contribution in [0, 0.1) is 0 Å². The Balaban J connectivity index is 1.86. The van der Waals surface area contributed by atoms with Gasteiger partial charge in [0.05, 0.1) is 10.0 Å². The predicted molar refractivity (Wildman–Crippen MR) is 106 cm³/mol. The average molecular weight is 413 g/mol. The van der Waals surface area contributed by atoms with Crippen LogP contribution in [0.5, 0.6) is 5.75 Å². The zero-order chi connectivity index (χ0) is 19.7. The van der Waals surface area contributed by atoms with Crippen LogP contribution in [0.1, 0.15) is 17.0 Å². The highest BCUT2D eigenvalue weighted by molar-refractivity contribution is 6.37. The second-order valence-corrected chi connectivity index (χ2v) is 6.97. The molecule has 7 heteroatoms. The number of hydrogen-bond donors (Lipinski definition) is 2. The molecule has 1 aromatic heterocycles. The standard InChI is InChI=1S/C21H14Cl2N2O3/c22-16-11-13(12-17(23)18(16)26)19-24-20(28-25-19)21(27,14-7-3-1-4-8-14)15-9-5-2-6-10-15/h1-12,26-27H. The molecule has 0 atom stereocenters. The molecule has 0 spiro atoms. The number of aromatic nitrogens is 2. The molecule has 0 aliphatic carbocycles. The van der Waals surface area contributed by atoms with Gasteiger partial charge in [0, 0.05) is 5.56 Å². The van der Waals surface area contributed by atoms with Gasteiger partial charge in [0.25, 0.3) is 5.89 Å². The van der Waals surface area contributed by atoms with Gasteiger partial charge >= 0.3 is 0 Å². The van der Waals surface area contributed by atoms with E-state index in [1.54, 1.807) is 24.3 Å². The van der Waals surface area contributed by atoms with E-state index in [0.717, 1.165) is 0 Å². The lowest BCUT2D eigenvalue weighted by atomic mass is 9.86. The molecule has 3 aromatic carbocycles. The maximum absolute atomic E-state index is 11.7. The maximum atomic E-state index is 11.7. The van der Waals surface area contributed by atoms with Crippen LogP contribution in [0.25, 0.3) is 11.4 Å². The number of nitrogens with zero attached hydrogens (tertiary/aromatic N) is 2. The van der Waals surface area contributed by atoms with Crippen LogP contribution in [-0.2, 0) is 5.60 Å². The van der Waals surface area contributed by atoms with E-state index in [1.807, 2.05) is 36.4 Å². The largest absolute Gasteiger partial charge is 0.505 e. The molecule has 4 rings (SSSR count). The summed E-state index contributed by atoms with van der Waals surface area (Å²) in [6, 6.07) is 21.1. The van der Waals surface area contributed by atoms with Crippen molar-refractivity contribution in [2.45, 2.75) is 5.60 Å². The highest BCUT2D eigenvalue weighted by Gasteiger charge is 2.39. The van der Waals surface area contributed by atoms with Crippen molar-refractivity contribution >= 4 is 23.2 Å². The van der Waals surface area contributed by atoms with Crippen molar-refractivity contribution in [3.63, 3.8) is 0 Å². The second-order valence-electron chi connectivity index (χ2n) is 6.15. The Morgan fingerprint density at radius 2 is 1.32 bits per heavy atom. The Bertz CT molecular complexity index is 1050. The fourth-order valence-corrected chi connectivity index (χ4v) is 3.44. The van der Waals surface area contributed by atoms with Crippen molar-refractivity contribution in [1.29, 1.82) is 0 Å². The molecular weight excluding hydrogens is 399 g/mol. The third-order valence-electron chi connectivity index (χ3n) is 4.39. The van der Waals surface area contributed by atoms with E-state index in [9.17, 15) is 10.2 Å². The van der Waals surface area contributed by atoms with E-state index in [2.05, 4.69) is 10.1 Å². The molecule has 1 heterocycles. The third kappa shape index (κ3) is 3.14. The van der Waals surface area contributed by atoms with Gasteiger partial charge in [-0.2, -0.15) is 4.98 Å². The van der Waals surface area contributed by atoms with E-state index in [1.165, 1.54) is 12.1 Å². The first-order valence-corrected chi connectivity index (χ1v) is 9.11. The number of hydrogen-bond acceptors (Lipinski definition) is 5. The Hall–Kier alpha value is -2.86. The quantitative estimate of drug-likeness (QED) is 0.491. The van der Waals surface area contributed by atoms with Crippen molar-refractivity contribution in [2.75, 3.05) is 0 Å². The first-order valence-electron chi connectivity index (χ1n) is 8.36. The van der Waals surface area contributed by atoms with E-state index >= 15 is 0 Å². The summed E-state index contributed by atoms with van der Waals surface area (Å²) in [6.45, 7) is 0. The number of halogens is 2. The predicted octanol–water partition coefficient (Wildman–Crippen LogP) is 5.03. The smallest absolute Gasteiger partial charge is 0.268 e. The lowest BCUT2D eigenvalue weighted by Gasteiger charge is -2.25. The van der Waals surface area contributed by atoms with E-state index < -0.39 is 5.60 Å². The molecule has 0 amide bonds. The fourth-order valence-electron chi connectivity index (χ4n) is 2.95. The Morgan fingerprint density at radius 3 is 1.82 bits per heavy atom. The zero-order valence-electron chi connectivity index (χ0n) is 14.4. The van der Waals surface area contributed by atoms with Crippen molar-refractivity contribution in [1.82, 2.24) is 10.1 Å². The summed E-state index contributed by atoms with van der Waals surface area (Å²) < 4.78 is 5.44. The van der Waals surface area contributed by atoms with Crippen LogP contribution >= 0.6 is 23.2 Å². The summed E-state index contributed by atoms with van der Waals surface area (Å²) in [5.74, 6) is -0.0369. The van der Waals surface area contributed by atoms with Gasteiger partial charge in [-0.25, -0.2) is 0 Å². The fraction of sp³-hybridized carbons (Fsp3) is 0.0476. The number of phenols is 1. The SMILES string of the molecule is Oc1c(Cl)cc(-c2noc(C(O)(c3ccccc3)c3ccccc3)n2)cc1Cl. The van der Waals surface area contributed by atoms with Gasteiger partial charge in [0.2, 0.25) is 5.82 Å². The van der Waals surface area contributed by atoms with E-state index in [4.69, 9.17) is 27.7 Å². The number of aromatic hydroxyl groups is 1. The second kappa shape index (κ2) is 7.28. The molecule has 0 aliphatic rings. The molecule has 5 nitrogen and oxygen atoms in total. The average Bonchev–Trinajstić information content (AvgIpc) is 3.23. The maximum Gasteiger partial charge on any atom is 0.268 e.